The third kappa shape index (κ3) is 3.42. The summed E-state index contributed by atoms with van der Waals surface area (Å²) in [5.74, 6) is -6.14. The summed E-state index contributed by atoms with van der Waals surface area (Å²) >= 11 is 3.14. The van der Waals surface area contributed by atoms with Gasteiger partial charge in [0, 0.05) is 42.3 Å². The molecule has 0 N–H and O–H groups in total. The van der Waals surface area contributed by atoms with Gasteiger partial charge in [0.25, 0.3) is 0 Å². The molecule has 0 spiro atoms. The van der Waals surface area contributed by atoms with Gasteiger partial charge in [0.05, 0.1) is 14.2 Å². The Balaban J connectivity index is 1.55. The van der Waals surface area contributed by atoms with Gasteiger partial charge in [0.15, 0.2) is 23.3 Å². The van der Waals surface area contributed by atoms with E-state index in [9.17, 15) is 8.78 Å². The van der Waals surface area contributed by atoms with Crippen LogP contribution < -0.4 is 9.47 Å². The van der Waals surface area contributed by atoms with E-state index in [0.29, 0.717) is 11.5 Å². The van der Waals surface area contributed by atoms with E-state index in [1.807, 2.05) is 74.5 Å². The fourth-order valence-electron chi connectivity index (χ4n) is 5.90. The number of methoxy groups -OCH3 is 2. The van der Waals surface area contributed by atoms with Gasteiger partial charge < -0.3 is 9.47 Å². The number of fused-ring (bicyclic) bond motifs is 6. The third-order valence-corrected chi connectivity index (χ3v) is 11.7. The van der Waals surface area contributed by atoms with E-state index >= 15 is 8.78 Å². The summed E-state index contributed by atoms with van der Waals surface area (Å²) in [6.45, 7) is 4.03. The van der Waals surface area contributed by atoms with E-state index in [1.54, 1.807) is 37.7 Å². The van der Waals surface area contributed by atoms with Crippen LogP contribution in [0.2, 0.25) is 0 Å². The molecule has 1 aliphatic carbocycles. The molecule has 0 saturated carbocycles. The maximum absolute atomic E-state index is 15.6. The zero-order valence-electron chi connectivity index (χ0n) is 21.1. The third-order valence-electron chi connectivity index (χ3n) is 8.16. The summed E-state index contributed by atoms with van der Waals surface area (Å²) in [5.41, 5.74) is 1.58. The van der Waals surface area contributed by atoms with Crippen LogP contribution in [-0.2, 0) is 0 Å². The highest BCUT2D eigenvalue weighted by molar-refractivity contribution is 8.13. The number of ether oxygens (including phenoxy) is 2. The zero-order chi connectivity index (χ0) is 27.0. The molecule has 6 rings (SSSR count). The molecule has 2 heterocycles. The minimum atomic E-state index is -1.77. The lowest BCUT2D eigenvalue weighted by atomic mass is 9.63. The molecule has 3 aromatic carbocycles. The Morgan fingerprint density at radius 1 is 0.579 bits per heavy atom. The average Bonchev–Trinajstić information content (AvgIpc) is 3.49. The van der Waals surface area contributed by atoms with Crippen LogP contribution in [0.3, 0.4) is 0 Å². The van der Waals surface area contributed by atoms with Crippen molar-refractivity contribution >= 4 is 33.3 Å². The number of hydrogen-bond donors (Lipinski definition) is 0. The molecule has 2 nitrogen and oxygen atoms in total. The van der Waals surface area contributed by atoms with Crippen molar-refractivity contribution in [3.8, 4) is 11.5 Å². The summed E-state index contributed by atoms with van der Waals surface area (Å²) in [6.07, 6.45) is 3.75. The zero-order valence-corrected chi connectivity index (χ0v) is 22.7. The van der Waals surface area contributed by atoms with Gasteiger partial charge in [0.1, 0.15) is 11.5 Å². The first-order valence-corrected chi connectivity index (χ1v) is 13.7. The van der Waals surface area contributed by atoms with Crippen LogP contribution in [0.5, 0.6) is 11.5 Å². The number of halogens is 4. The molecule has 0 amide bonds. The minimum absolute atomic E-state index is 0.102. The van der Waals surface area contributed by atoms with Gasteiger partial charge in [0.2, 0.25) is 0 Å². The van der Waals surface area contributed by atoms with Crippen molar-refractivity contribution in [1.82, 2.24) is 0 Å². The number of benzene rings is 3. The Bertz CT molecular complexity index is 1400. The van der Waals surface area contributed by atoms with Crippen LogP contribution >= 0.6 is 23.5 Å². The van der Waals surface area contributed by atoms with Crippen LogP contribution in [0.25, 0.3) is 9.81 Å². The summed E-state index contributed by atoms with van der Waals surface area (Å²) in [6, 6.07) is 15.0. The fraction of sp³-hybridized carbons (Fsp3) is 0.267. The van der Waals surface area contributed by atoms with Crippen molar-refractivity contribution in [2.24, 2.45) is 0 Å². The number of rotatable bonds is 4. The highest BCUT2D eigenvalue weighted by atomic mass is 32.2. The highest BCUT2D eigenvalue weighted by Gasteiger charge is 2.64. The molecule has 2 aliphatic heterocycles. The Morgan fingerprint density at radius 3 is 1.24 bits per heavy atom. The predicted molar refractivity (Wildman–Crippen MR) is 146 cm³/mol. The first kappa shape index (κ1) is 25.4. The summed E-state index contributed by atoms with van der Waals surface area (Å²) in [7, 11) is 3.17. The van der Waals surface area contributed by atoms with Crippen molar-refractivity contribution in [3.05, 3.63) is 106 Å². The van der Waals surface area contributed by atoms with Crippen LogP contribution in [0.15, 0.2) is 60.7 Å². The molecule has 0 aromatic heterocycles. The molecule has 0 fully saturated rings. The number of thioether (sulfide) groups is 2. The van der Waals surface area contributed by atoms with Crippen molar-refractivity contribution in [1.29, 1.82) is 0 Å². The Kier molecular flexibility index (Phi) is 5.92. The maximum Gasteiger partial charge on any atom is 0.197 e. The fourth-order valence-corrected chi connectivity index (χ4v) is 9.27. The lowest BCUT2D eigenvalue weighted by Crippen LogP contribution is -2.53. The maximum atomic E-state index is 15.6. The van der Waals surface area contributed by atoms with Crippen molar-refractivity contribution in [2.75, 3.05) is 14.2 Å². The van der Waals surface area contributed by atoms with Gasteiger partial charge >= 0.3 is 0 Å². The van der Waals surface area contributed by atoms with Crippen molar-refractivity contribution in [3.63, 3.8) is 0 Å². The van der Waals surface area contributed by atoms with Crippen LogP contribution in [0.4, 0.5) is 17.6 Å². The molecule has 3 aromatic rings. The van der Waals surface area contributed by atoms with Gasteiger partial charge in [-0.1, -0.05) is 36.4 Å². The monoisotopic (exact) mass is 556 g/mol. The first-order valence-electron chi connectivity index (χ1n) is 12.1. The molecule has 4 atom stereocenters. The quantitative estimate of drug-likeness (QED) is 0.182. The molecule has 8 heteroatoms. The van der Waals surface area contributed by atoms with Gasteiger partial charge in [-0.15, -0.1) is 23.5 Å². The van der Waals surface area contributed by atoms with Gasteiger partial charge in [-0.3, -0.25) is 0 Å². The van der Waals surface area contributed by atoms with E-state index in [1.165, 1.54) is 0 Å². The Morgan fingerprint density at radius 2 is 0.921 bits per heavy atom. The lowest BCUT2D eigenvalue weighted by Gasteiger charge is -2.52. The minimum Gasteiger partial charge on any atom is -0.497 e. The Hall–Kier alpha value is -2.84. The molecule has 38 heavy (non-hydrogen) atoms. The molecule has 4 unspecified atom stereocenters. The molecular weight excluding hydrogens is 532 g/mol. The standard InChI is InChI=1S/C30H24F4O2S2/c1-29-19(13-21(37-29)15-5-9-17(35-3)10-6-15)23-24(26(32)28(34)27(33)25(23)31)20-14-22(38-30(20,29)2)16-7-11-18(36-4)12-8-16/h5-14,19-20H,1-4H3. The van der Waals surface area contributed by atoms with E-state index < -0.39 is 44.6 Å². The van der Waals surface area contributed by atoms with Gasteiger partial charge in [-0.25, -0.2) is 17.6 Å². The van der Waals surface area contributed by atoms with Gasteiger partial charge in [-0.2, -0.15) is 0 Å². The summed E-state index contributed by atoms with van der Waals surface area (Å²) in [5, 5.41) is 0. The number of hydrogen-bond acceptors (Lipinski definition) is 4. The molecule has 196 valence electrons. The second-order valence-corrected chi connectivity index (χ2v) is 13.0. The molecule has 0 bridgehead atoms. The van der Waals surface area contributed by atoms with E-state index in [2.05, 4.69) is 0 Å². The normalized spacial score (nSPS) is 27.3. The summed E-state index contributed by atoms with van der Waals surface area (Å²) < 4.78 is 69.6. The molecule has 0 radical (unpaired) electrons. The first-order chi connectivity index (χ1) is 18.1. The highest BCUT2D eigenvalue weighted by Crippen LogP contribution is 2.73. The largest absolute Gasteiger partial charge is 0.497 e. The van der Waals surface area contributed by atoms with Gasteiger partial charge in [-0.05, 0) is 49.2 Å². The topological polar surface area (TPSA) is 18.5 Å². The predicted octanol–water partition coefficient (Wildman–Crippen LogP) is 8.53. The van der Waals surface area contributed by atoms with E-state index in [-0.39, 0.29) is 11.1 Å². The second-order valence-electron chi connectivity index (χ2n) is 9.98. The van der Waals surface area contributed by atoms with Crippen LogP contribution in [0.1, 0.15) is 47.9 Å². The van der Waals surface area contributed by atoms with Crippen LogP contribution in [0, 0.1) is 23.3 Å². The Labute approximate surface area is 227 Å². The summed E-state index contributed by atoms with van der Waals surface area (Å²) in [4.78, 5) is 1.74. The van der Waals surface area contributed by atoms with Crippen molar-refractivity contribution in [2.45, 2.75) is 35.2 Å². The van der Waals surface area contributed by atoms with E-state index in [0.717, 1.165) is 20.9 Å². The lowest BCUT2D eigenvalue weighted by molar-refractivity contribution is 0.340. The number of allylic oxidation sites excluding steroid dienone is 2. The van der Waals surface area contributed by atoms with Crippen LogP contribution in [-0.4, -0.2) is 23.7 Å². The molecule has 0 saturated heterocycles. The smallest absolute Gasteiger partial charge is 0.197 e. The molecular formula is C30H24F4O2S2. The molecule has 3 aliphatic rings. The van der Waals surface area contributed by atoms with E-state index in [4.69, 9.17) is 9.47 Å². The van der Waals surface area contributed by atoms with Crippen molar-refractivity contribution < 1.29 is 27.0 Å². The second kappa shape index (κ2) is 8.85. The average molecular weight is 557 g/mol. The SMILES string of the molecule is COc1ccc(C2=CC3c4c(F)c(F)c(F)c(F)c4C4C=C(c5ccc(OC)cc5)SC4(C)C3(C)S2)cc1.